The third-order valence-electron chi connectivity index (χ3n) is 6.24. The molecule has 0 aliphatic rings. The lowest BCUT2D eigenvalue weighted by Crippen LogP contribution is -2.28. The molecule has 0 saturated carbocycles. The largest absolute Gasteiger partial charge is 0.481 e. The molecule has 3 heterocycles. The minimum atomic E-state index is -0.633. The molecular formula is C26H41N9O3. The van der Waals surface area contributed by atoms with E-state index in [4.69, 9.17) is 9.47 Å². The van der Waals surface area contributed by atoms with Crippen LogP contribution >= 0.6 is 0 Å². The van der Waals surface area contributed by atoms with Crippen molar-refractivity contribution in [1.29, 1.82) is 0 Å². The van der Waals surface area contributed by atoms with Crippen molar-refractivity contribution < 1.29 is 14.3 Å². The van der Waals surface area contributed by atoms with Gasteiger partial charge in [0.25, 0.3) is 0 Å². The zero-order valence-corrected chi connectivity index (χ0v) is 23.6. The molecule has 0 aliphatic heterocycles. The van der Waals surface area contributed by atoms with Crippen molar-refractivity contribution in [3.05, 3.63) is 29.6 Å². The van der Waals surface area contributed by atoms with Crippen molar-refractivity contribution in [2.24, 2.45) is 0 Å². The summed E-state index contributed by atoms with van der Waals surface area (Å²) in [6.07, 6.45) is 5.83. The Morgan fingerprint density at radius 3 is 2.58 bits per heavy atom. The summed E-state index contributed by atoms with van der Waals surface area (Å²) in [5.41, 5.74) is 3.34. The molecule has 208 valence electrons. The Bertz CT molecular complexity index is 1200. The Hall–Kier alpha value is -3.51. The summed E-state index contributed by atoms with van der Waals surface area (Å²) in [5.74, 6) is 1.30. The van der Waals surface area contributed by atoms with E-state index in [0.29, 0.717) is 23.8 Å². The number of pyridine rings is 1. The molecule has 0 bridgehead atoms. The summed E-state index contributed by atoms with van der Waals surface area (Å²) >= 11 is 0. The first kappa shape index (κ1) is 29.1. The number of anilines is 2. The Balaban J connectivity index is 1.97. The first-order chi connectivity index (χ1) is 18.3. The van der Waals surface area contributed by atoms with Gasteiger partial charge in [0.1, 0.15) is 11.0 Å². The van der Waals surface area contributed by atoms with Crippen LogP contribution in [0.5, 0.6) is 5.88 Å². The quantitative estimate of drug-likeness (QED) is 0.322. The second kappa shape index (κ2) is 13.9. The third-order valence-corrected chi connectivity index (χ3v) is 6.24. The van der Waals surface area contributed by atoms with Gasteiger partial charge in [-0.25, -0.2) is 14.8 Å². The fourth-order valence-corrected chi connectivity index (χ4v) is 4.19. The number of methoxy groups -OCH3 is 2. The number of carbonyl (C=O) groups excluding carboxylic acids is 1. The van der Waals surface area contributed by atoms with E-state index in [0.717, 1.165) is 55.5 Å². The Morgan fingerprint density at radius 1 is 1.13 bits per heavy atom. The Kier molecular flexibility index (Phi) is 10.6. The van der Waals surface area contributed by atoms with Crippen LogP contribution in [0.25, 0.3) is 11.0 Å². The molecule has 3 rings (SSSR count). The number of likely N-dealkylation sites (N-methyl/N-ethyl adjacent to an activating group) is 2. The highest BCUT2D eigenvalue weighted by molar-refractivity contribution is 5.89. The predicted molar refractivity (Wildman–Crippen MR) is 149 cm³/mol. The van der Waals surface area contributed by atoms with Gasteiger partial charge in [-0.3, -0.25) is 10.00 Å². The minimum Gasteiger partial charge on any atom is -0.481 e. The van der Waals surface area contributed by atoms with Gasteiger partial charge in [-0.15, -0.1) is 0 Å². The molecule has 0 aromatic carbocycles. The van der Waals surface area contributed by atoms with Crippen molar-refractivity contribution in [3.63, 3.8) is 0 Å². The lowest BCUT2D eigenvalue weighted by molar-refractivity contribution is 0.186. The van der Waals surface area contributed by atoms with Crippen molar-refractivity contribution in [2.75, 3.05) is 59.1 Å². The zero-order valence-electron chi connectivity index (χ0n) is 23.6. The lowest BCUT2D eigenvalue weighted by atomic mass is 10.1. The molecule has 0 spiro atoms. The second-order valence-electron chi connectivity index (χ2n) is 9.64. The summed E-state index contributed by atoms with van der Waals surface area (Å²) in [4.78, 5) is 29.9. The molecule has 3 aromatic heterocycles. The molecule has 12 heteroatoms. The fraction of sp³-hybridized carbons (Fsp3) is 0.577. The van der Waals surface area contributed by atoms with Gasteiger partial charge in [-0.05, 0) is 45.6 Å². The number of aromatic nitrogens is 5. The van der Waals surface area contributed by atoms with Crippen LogP contribution in [-0.4, -0.2) is 95.1 Å². The van der Waals surface area contributed by atoms with E-state index in [-0.39, 0.29) is 12.0 Å². The summed E-state index contributed by atoms with van der Waals surface area (Å²) in [6.45, 7) is 7.40. The van der Waals surface area contributed by atoms with Crippen molar-refractivity contribution in [2.45, 2.75) is 52.2 Å². The number of hydrogen-bond acceptors (Lipinski definition) is 10. The van der Waals surface area contributed by atoms with Crippen LogP contribution in [0.15, 0.2) is 18.5 Å². The van der Waals surface area contributed by atoms with E-state index in [2.05, 4.69) is 81.5 Å². The van der Waals surface area contributed by atoms with Gasteiger partial charge < -0.3 is 24.6 Å². The standard InChI is InChI=1S/C26H41N9O3/c1-8-10-20(9-2)29-23-22-21(30-25(31-23)32-26(36)38-7)15-28-35(22)17-19-13-18(14-27-24(19)37-6)16-34(5)12-11-33(3)4/h13-15,20H,8-12,16-17H2,1-7H3,(H2,29,30,31,32,36)/t20-/m1/s1. The normalized spacial score (nSPS) is 12.2. The van der Waals surface area contributed by atoms with Gasteiger partial charge in [0, 0.05) is 37.4 Å². The molecule has 3 aromatic rings. The molecule has 0 radical (unpaired) electrons. The Morgan fingerprint density at radius 2 is 1.92 bits per heavy atom. The van der Waals surface area contributed by atoms with Crippen LogP contribution < -0.4 is 15.4 Å². The van der Waals surface area contributed by atoms with E-state index in [1.54, 1.807) is 13.3 Å². The number of nitrogens with one attached hydrogen (secondary N) is 2. The molecule has 1 amide bonds. The van der Waals surface area contributed by atoms with Crippen LogP contribution in [0.1, 0.15) is 44.2 Å². The number of fused-ring (bicyclic) bond motifs is 1. The summed E-state index contributed by atoms with van der Waals surface area (Å²) in [6, 6.07) is 2.32. The maximum atomic E-state index is 11.8. The van der Waals surface area contributed by atoms with Crippen LogP contribution in [-0.2, 0) is 17.8 Å². The van der Waals surface area contributed by atoms with Gasteiger partial charge in [0.05, 0.1) is 27.0 Å². The average Bonchev–Trinajstić information content (AvgIpc) is 3.29. The van der Waals surface area contributed by atoms with E-state index in [1.807, 2.05) is 10.9 Å². The number of ether oxygens (including phenoxy) is 2. The van der Waals surface area contributed by atoms with Crippen LogP contribution in [0.4, 0.5) is 16.6 Å². The monoisotopic (exact) mass is 527 g/mol. The molecule has 0 saturated heterocycles. The van der Waals surface area contributed by atoms with E-state index < -0.39 is 6.09 Å². The highest BCUT2D eigenvalue weighted by Gasteiger charge is 2.19. The summed E-state index contributed by atoms with van der Waals surface area (Å²) in [5, 5.41) is 10.7. The van der Waals surface area contributed by atoms with E-state index in [9.17, 15) is 4.79 Å². The maximum absolute atomic E-state index is 11.8. The van der Waals surface area contributed by atoms with Crippen molar-refractivity contribution in [3.8, 4) is 5.88 Å². The van der Waals surface area contributed by atoms with Crippen LogP contribution in [0.2, 0.25) is 0 Å². The van der Waals surface area contributed by atoms with Crippen molar-refractivity contribution >= 4 is 28.9 Å². The number of nitrogens with zero attached hydrogens (tertiary/aromatic N) is 7. The smallest absolute Gasteiger partial charge is 0.413 e. The predicted octanol–water partition coefficient (Wildman–Crippen LogP) is 3.44. The topological polar surface area (TPSA) is 123 Å². The molecule has 38 heavy (non-hydrogen) atoms. The average molecular weight is 528 g/mol. The van der Waals surface area contributed by atoms with Gasteiger partial charge in [-0.1, -0.05) is 20.3 Å². The summed E-state index contributed by atoms with van der Waals surface area (Å²) < 4.78 is 12.2. The van der Waals surface area contributed by atoms with Gasteiger partial charge in [-0.2, -0.15) is 10.1 Å². The molecule has 1 atom stereocenters. The SMILES string of the molecule is CCC[C@@H](CC)Nc1nc(NC(=O)OC)nc2cnn(Cc3cc(CN(C)CCN(C)C)cnc3OC)c12. The van der Waals surface area contributed by atoms with Crippen molar-refractivity contribution in [1.82, 2.24) is 34.5 Å². The van der Waals surface area contributed by atoms with Gasteiger partial charge in [0.15, 0.2) is 5.82 Å². The minimum absolute atomic E-state index is 0.153. The molecule has 12 nitrogen and oxygen atoms in total. The molecule has 0 unspecified atom stereocenters. The molecule has 2 N–H and O–H groups in total. The number of carbonyl (C=O) groups is 1. The second-order valence-corrected chi connectivity index (χ2v) is 9.64. The maximum Gasteiger partial charge on any atom is 0.413 e. The number of hydrogen-bond donors (Lipinski definition) is 2. The molecule has 0 aliphatic carbocycles. The zero-order chi connectivity index (χ0) is 27.7. The molecule has 0 fully saturated rings. The highest BCUT2D eigenvalue weighted by Crippen LogP contribution is 2.26. The Labute approximate surface area is 224 Å². The first-order valence-electron chi connectivity index (χ1n) is 13.0. The third kappa shape index (κ3) is 7.75. The van der Waals surface area contributed by atoms with E-state index >= 15 is 0 Å². The fourth-order valence-electron chi connectivity index (χ4n) is 4.19. The van der Waals surface area contributed by atoms with Gasteiger partial charge in [0.2, 0.25) is 11.8 Å². The summed E-state index contributed by atoms with van der Waals surface area (Å²) in [7, 11) is 9.16. The highest BCUT2D eigenvalue weighted by atomic mass is 16.5. The van der Waals surface area contributed by atoms with E-state index in [1.165, 1.54) is 7.11 Å². The van der Waals surface area contributed by atoms with Crippen LogP contribution in [0, 0.1) is 0 Å². The number of rotatable bonds is 14. The first-order valence-corrected chi connectivity index (χ1v) is 13.0. The van der Waals surface area contributed by atoms with Gasteiger partial charge >= 0.3 is 6.09 Å². The van der Waals surface area contributed by atoms with Crippen LogP contribution in [0.3, 0.4) is 0 Å². The number of amides is 1. The molecular weight excluding hydrogens is 486 g/mol. The lowest BCUT2D eigenvalue weighted by Gasteiger charge is -2.20.